The first-order valence-corrected chi connectivity index (χ1v) is 7.35. The predicted octanol–water partition coefficient (Wildman–Crippen LogP) is 2.71. The van der Waals surface area contributed by atoms with E-state index in [0.717, 1.165) is 19.5 Å². The number of carbonyl (C=O) groups excluding carboxylic acids is 1. The summed E-state index contributed by atoms with van der Waals surface area (Å²) in [5.41, 5.74) is 0.540. The molecule has 21 heavy (non-hydrogen) atoms. The van der Waals surface area contributed by atoms with Crippen molar-refractivity contribution in [2.24, 2.45) is 5.92 Å². The van der Waals surface area contributed by atoms with Gasteiger partial charge in [-0.3, -0.25) is 4.79 Å². The standard InChI is InChI=1S/C17H19FN2O/c1-11-10-19-9-8-16(11)20-17(21)14-6-7-15(18)13-5-3-2-4-12(13)14/h2-7,11,16,19H,8-10H2,1H3,(H,20,21). The number of amides is 1. The molecule has 2 unspecified atom stereocenters. The lowest BCUT2D eigenvalue weighted by molar-refractivity contribution is 0.0916. The van der Waals surface area contributed by atoms with Gasteiger partial charge in [0.05, 0.1) is 0 Å². The van der Waals surface area contributed by atoms with E-state index in [2.05, 4.69) is 17.6 Å². The van der Waals surface area contributed by atoms with Gasteiger partial charge in [-0.05, 0) is 42.9 Å². The van der Waals surface area contributed by atoms with Gasteiger partial charge in [0, 0.05) is 17.0 Å². The molecule has 0 radical (unpaired) electrons. The Balaban J connectivity index is 1.89. The molecule has 1 heterocycles. The molecule has 2 aromatic carbocycles. The van der Waals surface area contributed by atoms with Crippen LogP contribution in [0.4, 0.5) is 4.39 Å². The summed E-state index contributed by atoms with van der Waals surface area (Å²) in [6, 6.07) is 10.2. The molecule has 0 bridgehead atoms. The third-order valence-corrected chi connectivity index (χ3v) is 4.22. The number of fused-ring (bicyclic) bond motifs is 1. The molecule has 1 amide bonds. The van der Waals surface area contributed by atoms with Gasteiger partial charge in [0.1, 0.15) is 5.82 Å². The number of hydrogen-bond donors (Lipinski definition) is 2. The van der Waals surface area contributed by atoms with Crippen LogP contribution in [-0.2, 0) is 0 Å². The second kappa shape index (κ2) is 5.82. The Morgan fingerprint density at radius 3 is 2.76 bits per heavy atom. The number of piperidine rings is 1. The Bertz CT molecular complexity index is 671. The topological polar surface area (TPSA) is 41.1 Å². The molecule has 0 spiro atoms. The van der Waals surface area contributed by atoms with E-state index in [1.807, 2.05) is 6.07 Å². The maximum Gasteiger partial charge on any atom is 0.252 e. The number of rotatable bonds is 2. The van der Waals surface area contributed by atoms with Crippen molar-refractivity contribution in [2.45, 2.75) is 19.4 Å². The Labute approximate surface area is 123 Å². The Morgan fingerprint density at radius 2 is 2.00 bits per heavy atom. The van der Waals surface area contributed by atoms with Crippen molar-refractivity contribution in [3.63, 3.8) is 0 Å². The van der Waals surface area contributed by atoms with Crippen LogP contribution in [0.3, 0.4) is 0 Å². The van der Waals surface area contributed by atoms with Gasteiger partial charge in [-0.2, -0.15) is 0 Å². The molecular formula is C17H19FN2O. The van der Waals surface area contributed by atoms with Gasteiger partial charge in [0.2, 0.25) is 0 Å². The summed E-state index contributed by atoms with van der Waals surface area (Å²) in [5.74, 6) is -0.0169. The first-order valence-electron chi connectivity index (χ1n) is 7.35. The lowest BCUT2D eigenvalue weighted by atomic mass is 9.94. The number of hydrogen-bond acceptors (Lipinski definition) is 2. The summed E-state index contributed by atoms with van der Waals surface area (Å²) in [6.45, 7) is 3.95. The Hall–Kier alpha value is -1.94. The summed E-state index contributed by atoms with van der Waals surface area (Å²) >= 11 is 0. The van der Waals surface area contributed by atoms with E-state index in [0.29, 0.717) is 22.3 Å². The van der Waals surface area contributed by atoms with Crippen molar-refractivity contribution < 1.29 is 9.18 Å². The third-order valence-electron chi connectivity index (χ3n) is 4.22. The zero-order valence-corrected chi connectivity index (χ0v) is 12.0. The maximum absolute atomic E-state index is 13.8. The van der Waals surface area contributed by atoms with E-state index in [1.54, 1.807) is 24.3 Å². The molecule has 0 saturated carbocycles. The Morgan fingerprint density at radius 1 is 1.24 bits per heavy atom. The SMILES string of the molecule is CC1CNCCC1NC(=O)c1ccc(F)c2ccccc12. The van der Waals surface area contributed by atoms with Gasteiger partial charge in [0.25, 0.3) is 5.91 Å². The minimum Gasteiger partial charge on any atom is -0.349 e. The quantitative estimate of drug-likeness (QED) is 0.891. The molecule has 1 aliphatic heterocycles. The first kappa shape index (κ1) is 14.0. The molecule has 1 fully saturated rings. The van der Waals surface area contributed by atoms with Crippen LogP contribution in [-0.4, -0.2) is 25.0 Å². The average Bonchev–Trinajstić information content (AvgIpc) is 2.50. The van der Waals surface area contributed by atoms with Crippen LogP contribution >= 0.6 is 0 Å². The van der Waals surface area contributed by atoms with E-state index in [1.165, 1.54) is 6.07 Å². The number of halogens is 1. The van der Waals surface area contributed by atoms with Crippen molar-refractivity contribution in [3.8, 4) is 0 Å². The van der Waals surface area contributed by atoms with Crippen LogP contribution < -0.4 is 10.6 Å². The highest BCUT2D eigenvalue weighted by Gasteiger charge is 2.23. The molecule has 4 heteroatoms. The highest BCUT2D eigenvalue weighted by Crippen LogP contribution is 2.22. The van der Waals surface area contributed by atoms with Crippen LogP contribution in [0.2, 0.25) is 0 Å². The van der Waals surface area contributed by atoms with Crippen molar-refractivity contribution in [3.05, 3.63) is 47.8 Å². The third kappa shape index (κ3) is 2.76. The van der Waals surface area contributed by atoms with E-state index in [9.17, 15) is 9.18 Å². The molecule has 0 aliphatic carbocycles. The molecule has 110 valence electrons. The lowest BCUT2D eigenvalue weighted by Crippen LogP contribution is -2.48. The van der Waals surface area contributed by atoms with Crippen LogP contribution in [0.1, 0.15) is 23.7 Å². The molecular weight excluding hydrogens is 267 g/mol. The highest BCUT2D eigenvalue weighted by molar-refractivity contribution is 6.07. The lowest BCUT2D eigenvalue weighted by Gasteiger charge is -2.30. The predicted molar refractivity (Wildman–Crippen MR) is 81.8 cm³/mol. The summed E-state index contributed by atoms with van der Waals surface area (Å²) in [6.07, 6.45) is 0.923. The van der Waals surface area contributed by atoms with Crippen LogP contribution in [0, 0.1) is 11.7 Å². The van der Waals surface area contributed by atoms with Crippen molar-refractivity contribution >= 4 is 16.7 Å². The fourth-order valence-electron chi connectivity index (χ4n) is 2.93. The molecule has 0 aromatic heterocycles. The fraction of sp³-hybridized carbons (Fsp3) is 0.353. The summed E-state index contributed by atoms with van der Waals surface area (Å²) in [5, 5.41) is 7.56. The normalized spacial score (nSPS) is 22.2. The summed E-state index contributed by atoms with van der Waals surface area (Å²) < 4.78 is 13.8. The second-order valence-corrected chi connectivity index (χ2v) is 5.69. The first-order chi connectivity index (χ1) is 10.2. The monoisotopic (exact) mass is 286 g/mol. The molecule has 2 aromatic rings. The average molecular weight is 286 g/mol. The smallest absolute Gasteiger partial charge is 0.252 e. The molecule has 3 nitrogen and oxygen atoms in total. The molecule has 1 saturated heterocycles. The van der Waals surface area contributed by atoms with E-state index in [-0.39, 0.29) is 17.8 Å². The second-order valence-electron chi connectivity index (χ2n) is 5.69. The van der Waals surface area contributed by atoms with Gasteiger partial charge in [-0.1, -0.05) is 31.2 Å². The molecule has 1 aliphatic rings. The molecule has 2 N–H and O–H groups in total. The van der Waals surface area contributed by atoms with E-state index >= 15 is 0 Å². The minimum atomic E-state index is -0.294. The Kier molecular flexibility index (Phi) is 3.88. The van der Waals surface area contributed by atoms with E-state index < -0.39 is 0 Å². The van der Waals surface area contributed by atoms with Gasteiger partial charge in [-0.15, -0.1) is 0 Å². The number of carbonyl (C=O) groups is 1. The van der Waals surface area contributed by atoms with Crippen LogP contribution in [0.15, 0.2) is 36.4 Å². The highest BCUT2D eigenvalue weighted by atomic mass is 19.1. The van der Waals surface area contributed by atoms with Gasteiger partial charge in [-0.25, -0.2) is 4.39 Å². The number of nitrogens with one attached hydrogen (secondary N) is 2. The largest absolute Gasteiger partial charge is 0.349 e. The fourth-order valence-corrected chi connectivity index (χ4v) is 2.93. The summed E-state index contributed by atoms with van der Waals surface area (Å²) in [4.78, 5) is 12.5. The minimum absolute atomic E-state index is 0.120. The van der Waals surface area contributed by atoms with Crippen molar-refractivity contribution in [1.82, 2.24) is 10.6 Å². The zero-order valence-electron chi connectivity index (χ0n) is 12.0. The number of benzene rings is 2. The van der Waals surface area contributed by atoms with Crippen molar-refractivity contribution in [1.29, 1.82) is 0 Å². The molecule has 2 atom stereocenters. The van der Waals surface area contributed by atoms with Gasteiger partial charge >= 0.3 is 0 Å². The maximum atomic E-state index is 13.8. The molecule has 3 rings (SSSR count). The van der Waals surface area contributed by atoms with Gasteiger partial charge in [0.15, 0.2) is 0 Å². The van der Waals surface area contributed by atoms with Gasteiger partial charge < -0.3 is 10.6 Å². The van der Waals surface area contributed by atoms with Crippen LogP contribution in [0.5, 0.6) is 0 Å². The summed E-state index contributed by atoms with van der Waals surface area (Å²) in [7, 11) is 0. The van der Waals surface area contributed by atoms with Crippen molar-refractivity contribution in [2.75, 3.05) is 13.1 Å². The zero-order chi connectivity index (χ0) is 14.8. The van der Waals surface area contributed by atoms with E-state index in [4.69, 9.17) is 0 Å². The van der Waals surface area contributed by atoms with Crippen LogP contribution in [0.25, 0.3) is 10.8 Å².